The highest BCUT2D eigenvalue weighted by atomic mass is 32.2. The van der Waals surface area contributed by atoms with Crippen LogP contribution in [0.2, 0.25) is 0 Å². The van der Waals surface area contributed by atoms with E-state index in [2.05, 4.69) is 26.1 Å². The summed E-state index contributed by atoms with van der Waals surface area (Å²) >= 11 is 0. The Morgan fingerprint density at radius 1 is 1.35 bits per heavy atom. The molecule has 0 amide bonds. The van der Waals surface area contributed by atoms with Crippen LogP contribution >= 0.6 is 0 Å². The van der Waals surface area contributed by atoms with Gasteiger partial charge in [0.1, 0.15) is 0 Å². The first-order chi connectivity index (χ1) is 7.65. The fourth-order valence-electron chi connectivity index (χ4n) is 3.51. The standard InChI is InChI=1S/C13H25NO2S/c1-12(2,3)14-9-10-8-13(10)7-5-6-11(13)17(4,15)16/h10-11,14H,5-9H2,1-4H3. The molecule has 100 valence electrons. The highest BCUT2D eigenvalue weighted by Gasteiger charge is 2.63. The second-order valence-corrected chi connectivity index (χ2v) is 9.20. The van der Waals surface area contributed by atoms with Crippen LogP contribution in [0.5, 0.6) is 0 Å². The highest BCUT2D eigenvalue weighted by molar-refractivity contribution is 7.91. The van der Waals surface area contributed by atoms with Crippen molar-refractivity contribution in [3.8, 4) is 0 Å². The minimum atomic E-state index is -2.86. The lowest BCUT2D eigenvalue weighted by molar-refractivity contribution is 0.380. The lowest BCUT2D eigenvalue weighted by Gasteiger charge is -2.23. The van der Waals surface area contributed by atoms with Gasteiger partial charge in [0.05, 0.1) is 5.25 Å². The minimum Gasteiger partial charge on any atom is -0.312 e. The first kappa shape index (κ1) is 13.3. The zero-order chi connectivity index (χ0) is 12.9. The van der Waals surface area contributed by atoms with Gasteiger partial charge in [-0.15, -0.1) is 0 Å². The molecule has 17 heavy (non-hydrogen) atoms. The van der Waals surface area contributed by atoms with Crippen LogP contribution in [-0.2, 0) is 9.84 Å². The second-order valence-electron chi connectivity index (χ2n) is 6.98. The Bertz CT molecular complexity index is 396. The van der Waals surface area contributed by atoms with Gasteiger partial charge in [-0.25, -0.2) is 8.42 Å². The number of rotatable bonds is 3. The predicted octanol–water partition coefficient (Wildman–Crippen LogP) is 1.98. The third-order valence-corrected chi connectivity index (χ3v) is 6.16. The van der Waals surface area contributed by atoms with Crippen LogP contribution in [0.3, 0.4) is 0 Å². The summed E-state index contributed by atoms with van der Waals surface area (Å²) in [5.74, 6) is 0.573. The number of hydrogen-bond donors (Lipinski definition) is 1. The van der Waals surface area contributed by atoms with Crippen molar-refractivity contribution < 1.29 is 8.42 Å². The van der Waals surface area contributed by atoms with Crippen molar-refractivity contribution in [1.29, 1.82) is 0 Å². The van der Waals surface area contributed by atoms with E-state index in [-0.39, 0.29) is 16.2 Å². The van der Waals surface area contributed by atoms with Crippen molar-refractivity contribution in [2.24, 2.45) is 11.3 Å². The molecule has 0 aromatic rings. The third-order valence-electron chi connectivity index (χ3n) is 4.42. The van der Waals surface area contributed by atoms with Crippen molar-refractivity contribution in [2.45, 2.75) is 57.2 Å². The molecule has 3 unspecified atom stereocenters. The topological polar surface area (TPSA) is 46.2 Å². The fraction of sp³-hybridized carbons (Fsp3) is 1.00. The van der Waals surface area contributed by atoms with Crippen molar-refractivity contribution >= 4 is 9.84 Å². The number of hydrogen-bond acceptors (Lipinski definition) is 3. The molecule has 3 nitrogen and oxygen atoms in total. The van der Waals surface area contributed by atoms with Crippen molar-refractivity contribution in [3.63, 3.8) is 0 Å². The van der Waals surface area contributed by atoms with Gasteiger partial charge in [0.15, 0.2) is 9.84 Å². The first-order valence-corrected chi connectivity index (χ1v) is 8.54. The Kier molecular flexibility index (Phi) is 3.10. The quantitative estimate of drug-likeness (QED) is 0.843. The van der Waals surface area contributed by atoms with E-state index in [9.17, 15) is 8.42 Å². The molecular formula is C13H25NO2S. The smallest absolute Gasteiger partial charge is 0.150 e. The summed E-state index contributed by atoms with van der Waals surface area (Å²) in [4.78, 5) is 0. The van der Waals surface area contributed by atoms with E-state index in [1.54, 1.807) is 0 Å². The molecule has 2 aliphatic carbocycles. The van der Waals surface area contributed by atoms with Gasteiger partial charge in [-0.3, -0.25) is 0 Å². The molecule has 1 N–H and O–H groups in total. The van der Waals surface area contributed by atoms with Gasteiger partial charge in [0.25, 0.3) is 0 Å². The maximum absolute atomic E-state index is 11.8. The zero-order valence-corrected chi connectivity index (χ0v) is 12.2. The van der Waals surface area contributed by atoms with E-state index >= 15 is 0 Å². The van der Waals surface area contributed by atoms with E-state index in [0.717, 1.165) is 32.2 Å². The largest absolute Gasteiger partial charge is 0.312 e. The average molecular weight is 259 g/mol. The Balaban J connectivity index is 1.99. The summed E-state index contributed by atoms with van der Waals surface area (Å²) in [6.07, 6.45) is 5.60. The number of nitrogens with one attached hydrogen (secondary N) is 1. The van der Waals surface area contributed by atoms with E-state index in [0.29, 0.717) is 5.92 Å². The van der Waals surface area contributed by atoms with Crippen molar-refractivity contribution in [1.82, 2.24) is 5.32 Å². The second kappa shape index (κ2) is 3.95. The van der Waals surface area contributed by atoms with Crippen molar-refractivity contribution in [2.75, 3.05) is 12.8 Å². The van der Waals surface area contributed by atoms with Gasteiger partial charge in [-0.05, 0) is 57.9 Å². The SMILES string of the molecule is CC(C)(C)NCC1CC12CCCC2S(C)(=O)=O. The molecule has 0 saturated heterocycles. The molecule has 0 aliphatic heterocycles. The Labute approximate surface area is 105 Å². The van der Waals surface area contributed by atoms with Crippen LogP contribution in [0.4, 0.5) is 0 Å². The normalized spacial score (nSPS) is 37.6. The summed E-state index contributed by atoms with van der Waals surface area (Å²) in [5, 5.41) is 3.44. The molecular weight excluding hydrogens is 234 g/mol. The van der Waals surface area contributed by atoms with E-state index < -0.39 is 9.84 Å². The lowest BCUT2D eigenvalue weighted by Crippen LogP contribution is -2.38. The van der Waals surface area contributed by atoms with Crippen LogP contribution < -0.4 is 5.32 Å². The molecule has 1 spiro atoms. The zero-order valence-electron chi connectivity index (χ0n) is 11.4. The molecule has 0 heterocycles. The Hall–Kier alpha value is -0.0900. The third kappa shape index (κ3) is 2.68. The van der Waals surface area contributed by atoms with Crippen molar-refractivity contribution in [3.05, 3.63) is 0 Å². The molecule has 2 fully saturated rings. The van der Waals surface area contributed by atoms with Gasteiger partial charge in [-0.1, -0.05) is 6.42 Å². The molecule has 0 aromatic carbocycles. The predicted molar refractivity (Wildman–Crippen MR) is 70.8 cm³/mol. The molecule has 0 bridgehead atoms. The molecule has 4 heteroatoms. The van der Waals surface area contributed by atoms with Crippen LogP contribution in [0.15, 0.2) is 0 Å². The summed E-state index contributed by atoms with van der Waals surface area (Å²) in [6, 6.07) is 0. The first-order valence-electron chi connectivity index (χ1n) is 6.59. The minimum absolute atomic E-state index is 0.0678. The monoisotopic (exact) mass is 259 g/mol. The lowest BCUT2D eigenvalue weighted by atomic mass is 10.0. The van der Waals surface area contributed by atoms with E-state index in [4.69, 9.17) is 0 Å². The summed E-state index contributed by atoms with van der Waals surface area (Å²) in [5.41, 5.74) is 0.259. The highest BCUT2D eigenvalue weighted by Crippen LogP contribution is 2.64. The van der Waals surface area contributed by atoms with Gasteiger partial charge < -0.3 is 5.32 Å². The summed E-state index contributed by atoms with van der Waals surface area (Å²) in [7, 11) is -2.86. The maximum atomic E-state index is 11.8. The summed E-state index contributed by atoms with van der Waals surface area (Å²) in [6.45, 7) is 7.44. The van der Waals surface area contributed by atoms with E-state index in [1.165, 1.54) is 6.26 Å². The van der Waals surface area contributed by atoms with Gasteiger partial charge in [0.2, 0.25) is 0 Å². The number of sulfone groups is 1. The van der Waals surface area contributed by atoms with Gasteiger partial charge >= 0.3 is 0 Å². The van der Waals surface area contributed by atoms with Gasteiger partial charge in [-0.2, -0.15) is 0 Å². The van der Waals surface area contributed by atoms with E-state index in [1.807, 2.05) is 0 Å². The maximum Gasteiger partial charge on any atom is 0.150 e. The van der Waals surface area contributed by atoms with Gasteiger partial charge in [0, 0.05) is 11.8 Å². The summed E-state index contributed by atoms with van der Waals surface area (Å²) < 4.78 is 23.6. The Morgan fingerprint density at radius 2 is 2.00 bits per heavy atom. The Morgan fingerprint density at radius 3 is 2.53 bits per heavy atom. The fourth-order valence-corrected chi connectivity index (χ4v) is 5.36. The van der Waals surface area contributed by atoms with Crippen LogP contribution in [0.25, 0.3) is 0 Å². The molecule has 0 radical (unpaired) electrons. The average Bonchev–Trinajstić information content (AvgIpc) is 2.59. The van der Waals surface area contributed by atoms with Crippen LogP contribution in [0.1, 0.15) is 46.5 Å². The molecule has 2 aliphatic rings. The molecule has 3 atom stereocenters. The molecule has 0 aromatic heterocycles. The van der Waals surface area contributed by atoms with Crippen LogP contribution in [-0.4, -0.2) is 32.0 Å². The molecule has 2 saturated carbocycles. The van der Waals surface area contributed by atoms with Crippen LogP contribution in [0, 0.1) is 11.3 Å². The molecule has 2 rings (SSSR count).